The number of hydrogen-bond donors (Lipinski definition) is 0. The van der Waals surface area contributed by atoms with Crippen LogP contribution < -0.4 is 4.80 Å². The SMILES string of the molecule is Cn1c(-c2ccc([N+](=O)[O-])cc2)csc1=Nc1ccccc1. The monoisotopic (exact) mass is 311 g/mol. The number of thiazole rings is 1. The second-order valence-corrected chi connectivity index (χ2v) is 5.55. The second-order valence-electron chi connectivity index (χ2n) is 4.71. The molecule has 0 aliphatic rings. The van der Waals surface area contributed by atoms with Gasteiger partial charge in [0, 0.05) is 24.6 Å². The summed E-state index contributed by atoms with van der Waals surface area (Å²) in [4.78, 5) is 15.8. The van der Waals surface area contributed by atoms with Crippen LogP contribution in [0.15, 0.2) is 65.0 Å². The van der Waals surface area contributed by atoms with E-state index in [0.29, 0.717) is 0 Å². The molecular formula is C16H13N3O2S. The molecule has 6 heteroatoms. The number of benzene rings is 2. The molecule has 0 saturated carbocycles. The van der Waals surface area contributed by atoms with Gasteiger partial charge in [-0.15, -0.1) is 11.3 Å². The number of nitro benzene ring substituents is 1. The molecule has 0 unspecified atom stereocenters. The zero-order valence-corrected chi connectivity index (χ0v) is 12.7. The van der Waals surface area contributed by atoms with Crippen LogP contribution in [0.1, 0.15) is 0 Å². The van der Waals surface area contributed by atoms with E-state index in [1.165, 1.54) is 23.5 Å². The summed E-state index contributed by atoms with van der Waals surface area (Å²) in [5.41, 5.74) is 2.90. The normalized spacial score (nSPS) is 11.6. The van der Waals surface area contributed by atoms with E-state index >= 15 is 0 Å². The van der Waals surface area contributed by atoms with E-state index in [0.717, 1.165) is 21.7 Å². The first-order valence-corrected chi connectivity index (χ1v) is 7.52. The Balaban J connectivity index is 2.00. The first kappa shape index (κ1) is 14.2. The molecule has 1 heterocycles. The molecule has 2 aromatic carbocycles. The van der Waals surface area contributed by atoms with Crippen molar-refractivity contribution in [3.63, 3.8) is 0 Å². The first-order chi connectivity index (χ1) is 10.6. The lowest BCUT2D eigenvalue weighted by molar-refractivity contribution is -0.384. The molecule has 0 radical (unpaired) electrons. The van der Waals surface area contributed by atoms with Crippen LogP contribution in [0.4, 0.5) is 11.4 Å². The van der Waals surface area contributed by atoms with Crippen molar-refractivity contribution in [3.05, 3.63) is 74.9 Å². The summed E-state index contributed by atoms with van der Waals surface area (Å²) < 4.78 is 1.98. The molecule has 1 aromatic heterocycles. The summed E-state index contributed by atoms with van der Waals surface area (Å²) in [6.07, 6.45) is 0. The molecule has 0 fully saturated rings. The average molecular weight is 311 g/mol. The summed E-state index contributed by atoms with van der Waals surface area (Å²) in [6, 6.07) is 16.3. The highest BCUT2D eigenvalue weighted by atomic mass is 32.1. The highest BCUT2D eigenvalue weighted by molar-refractivity contribution is 7.07. The standard InChI is InChI=1S/C16H13N3O2S/c1-18-15(12-7-9-14(10-8-12)19(20)21)11-22-16(18)17-13-5-3-2-4-6-13/h2-11H,1H3. The van der Waals surface area contributed by atoms with Crippen molar-refractivity contribution in [1.29, 1.82) is 0 Å². The van der Waals surface area contributed by atoms with Gasteiger partial charge in [0.15, 0.2) is 4.80 Å². The third-order valence-electron chi connectivity index (χ3n) is 3.28. The Hall–Kier alpha value is -2.73. The summed E-state index contributed by atoms with van der Waals surface area (Å²) in [5.74, 6) is 0. The topological polar surface area (TPSA) is 60.4 Å². The molecule has 5 nitrogen and oxygen atoms in total. The van der Waals surface area contributed by atoms with Crippen LogP contribution in [0.2, 0.25) is 0 Å². The molecule has 0 spiro atoms. The quantitative estimate of drug-likeness (QED) is 0.544. The molecule has 3 rings (SSSR count). The van der Waals surface area contributed by atoms with Gasteiger partial charge in [0.05, 0.1) is 16.3 Å². The van der Waals surface area contributed by atoms with Gasteiger partial charge in [0.1, 0.15) is 0 Å². The van der Waals surface area contributed by atoms with Crippen molar-refractivity contribution in [2.24, 2.45) is 12.0 Å². The molecular weight excluding hydrogens is 298 g/mol. The van der Waals surface area contributed by atoms with Crippen LogP contribution in [0.25, 0.3) is 11.3 Å². The predicted octanol–water partition coefficient (Wildman–Crippen LogP) is 3.89. The zero-order chi connectivity index (χ0) is 15.5. The van der Waals surface area contributed by atoms with Crippen LogP contribution in [0, 0.1) is 10.1 Å². The molecule has 0 saturated heterocycles. The number of nitro groups is 1. The van der Waals surface area contributed by atoms with Crippen LogP contribution in [-0.4, -0.2) is 9.49 Å². The Bertz CT molecular complexity index is 864. The number of non-ortho nitro benzene ring substituents is 1. The van der Waals surface area contributed by atoms with Gasteiger partial charge in [0.25, 0.3) is 5.69 Å². The molecule has 0 aliphatic carbocycles. The van der Waals surface area contributed by atoms with Crippen LogP contribution in [-0.2, 0) is 7.05 Å². The maximum atomic E-state index is 10.7. The lowest BCUT2D eigenvalue weighted by Crippen LogP contribution is -2.10. The highest BCUT2D eigenvalue weighted by Gasteiger charge is 2.08. The fraction of sp³-hybridized carbons (Fsp3) is 0.0625. The minimum absolute atomic E-state index is 0.0934. The fourth-order valence-electron chi connectivity index (χ4n) is 2.10. The Morgan fingerprint density at radius 1 is 1.09 bits per heavy atom. The molecule has 0 aliphatic heterocycles. The largest absolute Gasteiger partial charge is 0.320 e. The smallest absolute Gasteiger partial charge is 0.269 e. The Morgan fingerprint density at radius 2 is 1.77 bits per heavy atom. The second kappa shape index (κ2) is 5.95. The maximum absolute atomic E-state index is 10.7. The van der Waals surface area contributed by atoms with Crippen LogP contribution >= 0.6 is 11.3 Å². The number of hydrogen-bond acceptors (Lipinski definition) is 4. The van der Waals surface area contributed by atoms with Crippen molar-refractivity contribution >= 4 is 22.7 Å². The van der Waals surface area contributed by atoms with E-state index in [4.69, 9.17) is 0 Å². The molecule has 0 N–H and O–H groups in total. The lowest BCUT2D eigenvalue weighted by atomic mass is 10.1. The molecule has 0 atom stereocenters. The number of aromatic nitrogens is 1. The van der Waals surface area contributed by atoms with Crippen molar-refractivity contribution in [2.75, 3.05) is 0 Å². The zero-order valence-electron chi connectivity index (χ0n) is 11.8. The molecule has 110 valence electrons. The summed E-state index contributed by atoms with van der Waals surface area (Å²) in [6.45, 7) is 0. The number of para-hydroxylation sites is 1. The Kier molecular flexibility index (Phi) is 3.84. The van der Waals surface area contributed by atoms with Gasteiger partial charge >= 0.3 is 0 Å². The van der Waals surface area contributed by atoms with E-state index in [2.05, 4.69) is 4.99 Å². The van der Waals surface area contributed by atoms with Gasteiger partial charge in [0.2, 0.25) is 0 Å². The Labute approximate surface area is 131 Å². The first-order valence-electron chi connectivity index (χ1n) is 6.64. The molecule has 3 aromatic rings. The summed E-state index contributed by atoms with van der Waals surface area (Å²) in [7, 11) is 1.94. The van der Waals surface area contributed by atoms with Crippen molar-refractivity contribution in [2.45, 2.75) is 0 Å². The molecule has 0 amide bonds. The predicted molar refractivity (Wildman–Crippen MR) is 87.0 cm³/mol. The van der Waals surface area contributed by atoms with Crippen molar-refractivity contribution in [3.8, 4) is 11.3 Å². The van der Waals surface area contributed by atoms with E-state index in [9.17, 15) is 10.1 Å². The van der Waals surface area contributed by atoms with Gasteiger partial charge in [-0.25, -0.2) is 4.99 Å². The van der Waals surface area contributed by atoms with Crippen LogP contribution in [0.3, 0.4) is 0 Å². The minimum atomic E-state index is -0.395. The fourth-order valence-corrected chi connectivity index (χ4v) is 3.03. The summed E-state index contributed by atoms with van der Waals surface area (Å²) >= 11 is 1.54. The van der Waals surface area contributed by atoms with Crippen LogP contribution in [0.5, 0.6) is 0 Å². The van der Waals surface area contributed by atoms with Gasteiger partial charge in [-0.1, -0.05) is 18.2 Å². The van der Waals surface area contributed by atoms with E-state index in [1.807, 2.05) is 47.3 Å². The average Bonchev–Trinajstić information content (AvgIpc) is 2.89. The number of rotatable bonds is 3. The van der Waals surface area contributed by atoms with E-state index in [1.54, 1.807) is 12.1 Å². The third-order valence-corrected chi connectivity index (χ3v) is 4.20. The third kappa shape index (κ3) is 2.82. The van der Waals surface area contributed by atoms with Gasteiger partial charge < -0.3 is 4.57 Å². The molecule has 0 bridgehead atoms. The van der Waals surface area contributed by atoms with Gasteiger partial charge in [-0.3, -0.25) is 10.1 Å². The number of nitrogens with zero attached hydrogens (tertiary/aromatic N) is 3. The molecule has 22 heavy (non-hydrogen) atoms. The minimum Gasteiger partial charge on any atom is -0.320 e. The highest BCUT2D eigenvalue weighted by Crippen LogP contribution is 2.22. The van der Waals surface area contributed by atoms with E-state index in [-0.39, 0.29) is 5.69 Å². The summed E-state index contributed by atoms with van der Waals surface area (Å²) in [5, 5.41) is 12.7. The van der Waals surface area contributed by atoms with Crippen molar-refractivity contribution < 1.29 is 4.92 Å². The van der Waals surface area contributed by atoms with Gasteiger partial charge in [-0.2, -0.15) is 0 Å². The van der Waals surface area contributed by atoms with Crippen molar-refractivity contribution in [1.82, 2.24) is 4.57 Å². The van der Waals surface area contributed by atoms with E-state index < -0.39 is 4.92 Å². The maximum Gasteiger partial charge on any atom is 0.269 e. The lowest BCUT2D eigenvalue weighted by Gasteiger charge is -2.02. The Morgan fingerprint density at radius 3 is 2.41 bits per heavy atom. The van der Waals surface area contributed by atoms with Gasteiger partial charge in [-0.05, 0) is 29.8 Å².